The van der Waals surface area contributed by atoms with E-state index in [9.17, 15) is 8.42 Å². The predicted octanol–water partition coefficient (Wildman–Crippen LogP) is 2.20. The van der Waals surface area contributed by atoms with Gasteiger partial charge in [-0.3, -0.25) is 0 Å². The molecule has 0 amide bonds. The first-order valence-corrected chi connectivity index (χ1v) is 7.07. The third-order valence-electron chi connectivity index (χ3n) is 2.51. The quantitative estimate of drug-likeness (QED) is 0.583. The molecule has 18 heavy (non-hydrogen) atoms. The Bertz CT molecular complexity index is 538. The van der Waals surface area contributed by atoms with Gasteiger partial charge in [-0.05, 0) is 25.5 Å². The first-order chi connectivity index (χ1) is 8.52. The van der Waals surface area contributed by atoms with Gasteiger partial charge in [0.05, 0.1) is 11.4 Å². The third-order valence-corrected chi connectivity index (χ3v) is 4.37. The van der Waals surface area contributed by atoms with E-state index >= 15 is 0 Å². The summed E-state index contributed by atoms with van der Waals surface area (Å²) in [6.07, 6.45) is 7.47. The molecular weight excluding hydrogens is 246 g/mol. The Morgan fingerprint density at radius 1 is 1.39 bits per heavy atom. The summed E-state index contributed by atoms with van der Waals surface area (Å²) in [5.41, 5.74) is 1.02. The zero-order valence-electron chi connectivity index (χ0n) is 10.5. The molecule has 0 saturated carbocycles. The number of nitrogens with zero attached hydrogens (tertiary/aromatic N) is 1. The van der Waals surface area contributed by atoms with Crippen molar-refractivity contribution in [2.45, 2.75) is 18.2 Å². The van der Waals surface area contributed by atoms with Gasteiger partial charge in [0, 0.05) is 6.54 Å². The number of terminal acetylenes is 1. The van der Waals surface area contributed by atoms with Gasteiger partial charge in [0.15, 0.2) is 0 Å². The Labute approximate surface area is 109 Å². The first-order valence-electron chi connectivity index (χ1n) is 5.63. The molecule has 3 nitrogen and oxygen atoms in total. The Morgan fingerprint density at radius 3 is 2.50 bits per heavy atom. The maximum Gasteiger partial charge on any atom is 0.243 e. The number of rotatable bonds is 6. The van der Waals surface area contributed by atoms with Crippen molar-refractivity contribution in [3.05, 3.63) is 42.5 Å². The Morgan fingerprint density at radius 2 is 2.00 bits per heavy atom. The monoisotopic (exact) mass is 263 g/mol. The largest absolute Gasteiger partial charge is 0.243 e. The molecular formula is C14H17NO2S. The van der Waals surface area contributed by atoms with Crippen LogP contribution in [-0.2, 0) is 10.0 Å². The Balaban J connectivity index is 3.04. The van der Waals surface area contributed by atoms with Gasteiger partial charge in [0.25, 0.3) is 0 Å². The van der Waals surface area contributed by atoms with Crippen molar-refractivity contribution in [3.63, 3.8) is 0 Å². The Hall–Kier alpha value is -1.57. The normalized spacial score (nSPS) is 11.2. The van der Waals surface area contributed by atoms with Crippen LogP contribution in [0.4, 0.5) is 0 Å². The summed E-state index contributed by atoms with van der Waals surface area (Å²) < 4.78 is 26.0. The topological polar surface area (TPSA) is 37.4 Å². The highest BCUT2D eigenvalue weighted by atomic mass is 32.2. The maximum absolute atomic E-state index is 12.3. The molecule has 0 aliphatic rings. The molecule has 0 aliphatic heterocycles. The minimum absolute atomic E-state index is 0.0735. The molecule has 0 atom stereocenters. The van der Waals surface area contributed by atoms with E-state index in [0.29, 0.717) is 13.0 Å². The summed E-state index contributed by atoms with van der Waals surface area (Å²) in [4.78, 5) is 0.271. The van der Waals surface area contributed by atoms with Crippen LogP contribution in [0.15, 0.2) is 41.8 Å². The van der Waals surface area contributed by atoms with Crippen LogP contribution in [0.3, 0.4) is 0 Å². The summed E-state index contributed by atoms with van der Waals surface area (Å²) in [5.74, 6) is 2.38. The van der Waals surface area contributed by atoms with E-state index in [2.05, 4.69) is 12.5 Å². The van der Waals surface area contributed by atoms with Gasteiger partial charge in [-0.15, -0.1) is 13.0 Å². The van der Waals surface area contributed by atoms with Gasteiger partial charge in [-0.1, -0.05) is 29.7 Å². The van der Waals surface area contributed by atoms with Crippen molar-refractivity contribution in [2.75, 3.05) is 13.1 Å². The van der Waals surface area contributed by atoms with Crippen molar-refractivity contribution < 1.29 is 8.42 Å². The van der Waals surface area contributed by atoms with E-state index in [1.165, 1.54) is 4.31 Å². The average Bonchev–Trinajstić information content (AvgIpc) is 2.35. The molecule has 4 heteroatoms. The third kappa shape index (κ3) is 3.46. The molecule has 0 radical (unpaired) electrons. The highest BCUT2D eigenvalue weighted by molar-refractivity contribution is 7.89. The van der Waals surface area contributed by atoms with Crippen molar-refractivity contribution in [1.29, 1.82) is 0 Å². The fourth-order valence-corrected chi connectivity index (χ4v) is 2.85. The van der Waals surface area contributed by atoms with Crippen LogP contribution in [0.1, 0.15) is 12.0 Å². The summed E-state index contributed by atoms with van der Waals surface area (Å²) in [5, 5.41) is 0. The SMILES string of the molecule is C#CCN(CCC=C)S(=O)(=O)c1ccc(C)cc1. The van der Waals surface area contributed by atoms with Crippen LogP contribution in [0.25, 0.3) is 0 Å². The molecule has 0 aromatic heterocycles. The molecule has 0 aliphatic carbocycles. The van der Waals surface area contributed by atoms with Gasteiger partial charge in [-0.2, -0.15) is 4.31 Å². The van der Waals surface area contributed by atoms with E-state index in [1.807, 2.05) is 6.92 Å². The number of benzene rings is 1. The lowest BCUT2D eigenvalue weighted by atomic mass is 10.2. The molecule has 0 saturated heterocycles. The van der Waals surface area contributed by atoms with E-state index in [-0.39, 0.29) is 11.4 Å². The van der Waals surface area contributed by atoms with Crippen LogP contribution in [-0.4, -0.2) is 25.8 Å². The van der Waals surface area contributed by atoms with E-state index in [4.69, 9.17) is 6.42 Å². The van der Waals surface area contributed by atoms with Crippen molar-refractivity contribution in [3.8, 4) is 12.3 Å². The summed E-state index contributed by atoms with van der Waals surface area (Å²) in [6.45, 7) is 5.92. The smallest absolute Gasteiger partial charge is 0.207 e. The molecule has 0 unspecified atom stereocenters. The molecule has 1 aromatic rings. The highest BCUT2D eigenvalue weighted by Crippen LogP contribution is 2.16. The maximum atomic E-state index is 12.3. The second-order valence-electron chi connectivity index (χ2n) is 3.93. The lowest BCUT2D eigenvalue weighted by molar-refractivity contribution is 0.452. The number of hydrogen-bond donors (Lipinski definition) is 0. The summed E-state index contributed by atoms with van der Waals surface area (Å²) in [6, 6.07) is 6.74. The molecule has 0 bridgehead atoms. The van der Waals surface area contributed by atoms with Crippen molar-refractivity contribution >= 4 is 10.0 Å². The van der Waals surface area contributed by atoms with Crippen LogP contribution >= 0.6 is 0 Å². The highest BCUT2D eigenvalue weighted by Gasteiger charge is 2.22. The van der Waals surface area contributed by atoms with Gasteiger partial charge in [-0.25, -0.2) is 8.42 Å². The standard InChI is InChI=1S/C14H17NO2S/c1-4-6-12-15(11-5-2)18(16,17)14-9-7-13(3)8-10-14/h2,4,7-10H,1,6,11-12H2,3H3. The van der Waals surface area contributed by atoms with Crippen LogP contribution in [0.5, 0.6) is 0 Å². The van der Waals surface area contributed by atoms with Crippen LogP contribution in [0.2, 0.25) is 0 Å². The molecule has 0 N–H and O–H groups in total. The van der Waals surface area contributed by atoms with Crippen LogP contribution < -0.4 is 0 Å². The second kappa shape index (κ2) is 6.39. The van der Waals surface area contributed by atoms with Crippen LogP contribution in [0, 0.1) is 19.3 Å². The fraction of sp³-hybridized carbons (Fsp3) is 0.286. The minimum Gasteiger partial charge on any atom is -0.207 e. The zero-order valence-corrected chi connectivity index (χ0v) is 11.3. The zero-order chi connectivity index (χ0) is 13.6. The number of sulfonamides is 1. The molecule has 96 valence electrons. The van der Waals surface area contributed by atoms with Gasteiger partial charge < -0.3 is 0 Å². The minimum atomic E-state index is -3.51. The average molecular weight is 263 g/mol. The van der Waals surface area contributed by atoms with Gasteiger partial charge in [0.1, 0.15) is 0 Å². The van der Waals surface area contributed by atoms with Gasteiger partial charge in [0.2, 0.25) is 10.0 Å². The van der Waals surface area contributed by atoms with E-state index in [1.54, 1.807) is 30.3 Å². The molecule has 1 aromatic carbocycles. The molecule has 0 spiro atoms. The number of hydrogen-bond acceptors (Lipinski definition) is 2. The summed E-state index contributed by atoms with van der Waals surface area (Å²) in [7, 11) is -3.51. The lowest BCUT2D eigenvalue weighted by Crippen LogP contribution is -2.32. The molecule has 0 heterocycles. The fourth-order valence-electron chi connectivity index (χ4n) is 1.48. The van der Waals surface area contributed by atoms with Gasteiger partial charge >= 0.3 is 0 Å². The number of aryl methyl sites for hydroxylation is 1. The predicted molar refractivity (Wildman–Crippen MR) is 73.6 cm³/mol. The molecule has 0 fully saturated rings. The van der Waals surface area contributed by atoms with E-state index in [0.717, 1.165) is 5.56 Å². The first kappa shape index (κ1) is 14.5. The Kier molecular flexibility index (Phi) is 5.14. The summed E-state index contributed by atoms with van der Waals surface area (Å²) >= 11 is 0. The van der Waals surface area contributed by atoms with Crippen molar-refractivity contribution in [1.82, 2.24) is 4.31 Å². The second-order valence-corrected chi connectivity index (χ2v) is 5.87. The van der Waals surface area contributed by atoms with Crippen molar-refractivity contribution in [2.24, 2.45) is 0 Å². The molecule has 1 rings (SSSR count). The van der Waals surface area contributed by atoms with E-state index < -0.39 is 10.0 Å². The lowest BCUT2D eigenvalue weighted by Gasteiger charge is -2.19.